The lowest BCUT2D eigenvalue weighted by atomic mass is 10.2. The molecule has 0 unspecified atom stereocenters. The molecule has 0 atom stereocenters. The monoisotopic (exact) mass is 426 g/mol. The molecule has 0 spiro atoms. The van der Waals surface area contributed by atoms with Gasteiger partial charge in [0.05, 0.1) is 16.1 Å². The van der Waals surface area contributed by atoms with Gasteiger partial charge in [-0.05, 0) is 47.3 Å². The molecule has 0 bridgehead atoms. The van der Waals surface area contributed by atoms with Crippen molar-refractivity contribution in [3.63, 3.8) is 0 Å². The van der Waals surface area contributed by atoms with Crippen molar-refractivity contribution in [2.75, 3.05) is 13.1 Å². The first kappa shape index (κ1) is 19.3. The highest BCUT2D eigenvalue weighted by Gasteiger charge is 2.39. The Kier molecular flexibility index (Phi) is 5.41. The summed E-state index contributed by atoms with van der Waals surface area (Å²) >= 11 is 1.65. The smallest absolute Gasteiger partial charge is 0.293 e. The Balaban J connectivity index is 1.43. The zero-order valence-corrected chi connectivity index (χ0v) is 16.6. The molecule has 2 fully saturated rings. The minimum atomic E-state index is -0.469. The predicted molar refractivity (Wildman–Crippen MR) is 111 cm³/mol. The maximum atomic E-state index is 12.6. The van der Waals surface area contributed by atoms with E-state index in [1.807, 2.05) is 30.3 Å². The van der Waals surface area contributed by atoms with Crippen LogP contribution in [-0.4, -0.2) is 45.2 Å². The number of amides is 4. The van der Waals surface area contributed by atoms with Crippen molar-refractivity contribution in [3.8, 4) is 0 Å². The van der Waals surface area contributed by atoms with Crippen LogP contribution in [0.5, 0.6) is 0 Å². The maximum Gasteiger partial charge on any atom is 0.293 e. The van der Waals surface area contributed by atoms with E-state index in [1.54, 1.807) is 18.2 Å². The molecule has 0 saturated carbocycles. The number of carbonyl (C=O) groups excluding carboxylic acids is 4. The Bertz CT molecular complexity index is 1040. The van der Waals surface area contributed by atoms with Gasteiger partial charge >= 0.3 is 0 Å². The van der Waals surface area contributed by atoms with Crippen LogP contribution >= 0.6 is 23.5 Å². The first-order valence-corrected chi connectivity index (χ1v) is 10.3. The van der Waals surface area contributed by atoms with Crippen LogP contribution < -0.4 is 0 Å². The van der Waals surface area contributed by atoms with Crippen molar-refractivity contribution in [2.45, 2.75) is 0 Å². The van der Waals surface area contributed by atoms with Gasteiger partial charge in [0.1, 0.15) is 5.76 Å². The van der Waals surface area contributed by atoms with Gasteiger partial charge in [0, 0.05) is 19.2 Å². The van der Waals surface area contributed by atoms with Crippen LogP contribution in [-0.2, 0) is 9.59 Å². The van der Waals surface area contributed by atoms with E-state index in [-0.39, 0.29) is 18.0 Å². The number of imide groups is 2. The second-order valence-corrected chi connectivity index (χ2v) is 8.08. The molecule has 2 aliphatic heterocycles. The number of furan rings is 1. The van der Waals surface area contributed by atoms with Crippen LogP contribution in [0.3, 0.4) is 0 Å². The van der Waals surface area contributed by atoms with E-state index < -0.39 is 22.3 Å². The molecule has 2 aliphatic rings. The zero-order valence-electron chi connectivity index (χ0n) is 14.9. The van der Waals surface area contributed by atoms with Gasteiger partial charge in [0.25, 0.3) is 22.3 Å². The van der Waals surface area contributed by atoms with E-state index in [4.69, 9.17) is 4.42 Å². The molecular weight excluding hydrogens is 412 g/mol. The molecule has 2 aromatic rings. The second-order valence-electron chi connectivity index (χ2n) is 6.09. The molecule has 3 heterocycles. The fraction of sp³-hybridized carbons (Fsp3) is 0.100. The minimum Gasteiger partial charge on any atom is -0.465 e. The third-order valence-corrected chi connectivity index (χ3v) is 6.02. The van der Waals surface area contributed by atoms with Gasteiger partial charge in [-0.1, -0.05) is 30.3 Å². The molecule has 4 rings (SSSR count). The summed E-state index contributed by atoms with van der Waals surface area (Å²) in [6, 6.07) is 12.6. The second kappa shape index (κ2) is 8.14. The zero-order chi connectivity index (χ0) is 20.4. The Morgan fingerprint density at radius 1 is 0.759 bits per heavy atom. The number of carbonyl (C=O) groups is 4. The molecule has 7 nitrogen and oxygen atoms in total. The lowest BCUT2D eigenvalue weighted by molar-refractivity contribution is -0.125. The van der Waals surface area contributed by atoms with Gasteiger partial charge in [-0.15, -0.1) is 0 Å². The summed E-state index contributed by atoms with van der Waals surface area (Å²) in [5.41, 5.74) is 0.812. The van der Waals surface area contributed by atoms with Gasteiger partial charge in [-0.3, -0.25) is 29.0 Å². The molecular formula is C20H14N2O5S2. The summed E-state index contributed by atoms with van der Waals surface area (Å²) in [7, 11) is 0. The highest BCUT2D eigenvalue weighted by atomic mass is 32.2. The van der Waals surface area contributed by atoms with Gasteiger partial charge < -0.3 is 4.42 Å². The van der Waals surface area contributed by atoms with Crippen molar-refractivity contribution in [1.29, 1.82) is 0 Å². The average molecular weight is 426 g/mol. The molecule has 146 valence electrons. The van der Waals surface area contributed by atoms with E-state index in [9.17, 15) is 19.2 Å². The summed E-state index contributed by atoms with van der Waals surface area (Å²) in [4.78, 5) is 52.1. The largest absolute Gasteiger partial charge is 0.465 e. The van der Waals surface area contributed by atoms with E-state index in [0.29, 0.717) is 10.7 Å². The normalized spacial score (nSPS) is 20.0. The van der Waals surface area contributed by atoms with Crippen molar-refractivity contribution in [2.24, 2.45) is 0 Å². The van der Waals surface area contributed by atoms with Gasteiger partial charge in [-0.2, -0.15) is 0 Å². The number of benzene rings is 1. The number of rotatable bonds is 5. The summed E-state index contributed by atoms with van der Waals surface area (Å²) in [5, 5.41) is -0.866. The third-order valence-electron chi connectivity index (χ3n) is 4.21. The quantitative estimate of drug-likeness (QED) is 0.667. The Morgan fingerprint density at radius 2 is 1.34 bits per heavy atom. The van der Waals surface area contributed by atoms with Crippen molar-refractivity contribution >= 4 is 58.0 Å². The molecule has 0 radical (unpaired) electrons. The number of nitrogens with zero attached hydrogens (tertiary/aromatic N) is 2. The number of thioether (sulfide) groups is 2. The summed E-state index contributed by atoms with van der Waals surface area (Å²) in [6.07, 6.45) is 4.61. The van der Waals surface area contributed by atoms with Crippen LogP contribution in [0.4, 0.5) is 9.59 Å². The van der Waals surface area contributed by atoms with E-state index >= 15 is 0 Å². The van der Waals surface area contributed by atoms with Gasteiger partial charge in [0.15, 0.2) is 0 Å². The minimum absolute atomic E-state index is 0.0527. The standard InChI is InChI=1S/C20H14N2O5S2/c23-17-15(11-13-5-2-1-3-6-13)28-19(25)21(17)8-9-22-18(24)16(29-20(22)26)12-14-7-4-10-27-14/h1-7,10-12H,8-9H2. The van der Waals surface area contributed by atoms with Crippen LogP contribution in [0, 0.1) is 0 Å². The Labute approximate surface area is 174 Å². The SMILES string of the molecule is O=C1SC(=Cc2ccccc2)C(=O)N1CCN1C(=O)SC(=Cc2ccco2)C1=O. The fourth-order valence-corrected chi connectivity index (χ4v) is 4.50. The Morgan fingerprint density at radius 3 is 1.90 bits per heavy atom. The summed E-state index contributed by atoms with van der Waals surface area (Å²) in [5.74, 6) is -0.433. The molecule has 0 N–H and O–H groups in total. The van der Waals surface area contributed by atoms with Crippen molar-refractivity contribution in [1.82, 2.24) is 9.80 Å². The van der Waals surface area contributed by atoms with Crippen LogP contribution in [0.25, 0.3) is 12.2 Å². The first-order chi connectivity index (χ1) is 14.0. The van der Waals surface area contributed by atoms with Gasteiger partial charge in [0.2, 0.25) is 0 Å². The highest BCUT2D eigenvalue weighted by molar-refractivity contribution is 8.18. The molecule has 2 saturated heterocycles. The molecule has 1 aromatic heterocycles. The highest BCUT2D eigenvalue weighted by Crippen LogP contribution is 2.34. The average Bonchev–Trinajstić information content (AvgIpc) is 3.38. The molecule has 0 aliphatic carbocycles. The van der Waals surface area contributed by atoms with Crippen LogP contribution in [0.15, 0.2) is 63.0 Å². The third kappa shape index (κ3) is 4.06. The number of hydrogen-bond acceptors (Lipinski definition) is 7. The predicted octanol–water partition coefficient (Wildman–Crippen LogP) is 4.05. The maximum absolute atomic E-state index is 12.6. The Hall–Kier alpha value is -3.04. The van der Waals surface area contributed by atoms with E-state index in [1.165, 1.54) is 12.3 Å². The fourth-order valence-electron chi connectivity index (χ4n) is 2.79. The van der Waals surface area contributed by atoms with E-state index in [0.717, 1.165) is 38.9 Å². The van der Waals surface area contributed by atoms with Gasteiger partial charge in [-0.25, -0.2) is 0 Å². The van der Waals surface area contributed by atoms with E-state index in [2.05, 4.69) is 0 Å². The molecule has 29 heavy (non-hydrogen) atoms. The van der Waals surface area contributed by atoms with Crippen LogP contribution in [0.2, 0.25) is 0 Å². The lowest BCUT2D eigenvalue weighted by Gasteiger charge is -2.17. The number of hydrogen-bond donors (Lipinski definition) is 0. The lowest BCUT2D eigenvalue weighted by Crippen LogP contribution is -2.39. The summed E-state index contributed by atoms with van der Waals surface area (Å²) in [6.45, 7) is -0.111. The topological polar surface area (TPSA) is 87.9 Å². The first-order valence-electron chi connectivity index (χ1n) is 8.62. The molecule has 4 amide bonds. The summed E-state index contributed by atoms with van der Waals surface area (Å²) < 4.78 is 5.17. The van der Waals surface area contributed by atoms with Crippen LogP contribution in [0.1, 0.15) is 11.3 Å². The van der Waals surface area contributed by atoms with Crippen molar-refractivity contribution in [3.05, 3.63) is 69.9 Å². The van der Waals surface area contributed by atoms with Crippen molar-refractivity contribution < 1.29 is 23.6 Å². The molecule has 1 aromatic carbocycles. The molecule has 9 heteroatoms.